The Balaban J connectivity index is 1.83. The van der Waals surface area contributed by atoms with Gasteiger partial charge in [-0.25, -0.2) is 0 Å². The molecule has 0 amide bonds. The van der Waals surface area contributed by atoms with Gasteiger partial charge in [0.25, 0.3) is 0 Å². The van der Waals surface area contributed by atoms with Crippen LogP contribution in [0.25, 0.3) is 0 Å². The molecule has 1 heterocycles. The molecule has 0 spiro atoms. The van der Waals surface area contributed by atoms with Crippen molar-refractivity contribution >= 4 is 17.3 Å². The van der Waals surface area contributed by atoms with E-state index < -0.39 is 5.97 Å². The van der Waals surface area contributed by atoms with Crippen LogP contribution in [-0.4, -0.2) is 17.6 Å². The lowest BCUT2D eigenvalue weighted by molar-refractivity contribution is -0.142. The van der Waals surface area contributed by atoms with E-state index in [-0.39, 0.29) is 5.92 Å². The Bertz CT molecular complexity index is 364. The molecule has 0 bridgehead atoms. The first-order valence-electron chi connectivity index (χ1n) is 6.18. The molecule has 3 atom stereocenters. The van der Waals surface area contributed by atoms with Gasteiger partial charge in [-0.2, -0.15) is 0 Å². The number of aliphatic carboxylic acids is 1. The molecule has 3 unspecified atom stereocenters. The van der Waals surface area contributed by atoms with Crippen molar-refractivity contribution < 1.29 is 9.90 Å². The van der Waals surface area contributed by atoms with Crippen molar-refractivity contribution in [1.29, 1.82) is 0 Å². The Labute approximate surface area is 106 Å². The van der Waals surface area contributed by atoms with Crippen molar-refractivity contribution in [3.05, 3.63) is 22.4 Å². The van der Waals surface area contributed by atoms with Crippen LogP contribution in [0.15, 0.2) is 17.5 Å². The standard InChI is InChI=1S/C13H19NO2S/c1-9(12-6-3-7-17-12)14-8-10-4-2-5-11(10)13(15)16/h3,6-7,9-11,14H,2,4-5,8H2,1H3,(H,15,16). The highest BCUT2D eigenvalue weighted by Crippen LogP contribution is 2.32. The van der Waals surface area contributed by atoms with E-state index in [0.29, 0.717) is 12.0 Å². The molecule has 1 aromatic rings. The summed E-state index contributed by atoms with van der Waals surface area (Å²) in [7, 11) is 0. The summed E-state index contributed by atoms with van der Waals surface area (Å²) in [5, 5.41) is 14.6. The number of thiophene rings is 1. The van der Waals surface area contributed by atoms with Crippen LogP contribution in [0.4, 0.5) is 0 Å². The van der Waals surface area contributed by atoms with Crippen LogP contribution in [0, 0.1) is 11.8 Å². The summed E-state index contributed by atoms with van der Waals surface area (Å²) in [6.45, 7) is 2.95. The van der Waals surface area contributed by atoms with Gasteiger partial charge in [0, 0.05) is 10.9 Å². The lowest BCUT2D eigenvalue weighted by Crippen LogP contribution is -2.30. The van der Waals surface area contributed by atoms with E-state index in [2.05, 4.69) is 23.7 Å². The van der Waals surface area contributed by atoms with E-state index in [9.17, 15) is 4.79 Å². The minimum atomic E-state index is -0.627. The third-order valence-electron chi connectivity index (χ3n) is 3.63. The Kier molecular flexibility index (Phi) is 4.18. The summed E-state index contributed by atoms with van der Waals surface area (Å²) in [6.07, 6.45) is 2.94. The molecule has 2 rings (SSSR count). The van der Waals surface area contributed by atoms with Gasteiger partial charge in [0.1, 0.15) is 0 Å². The van der Waals surface area contributed by atoms with E-state index in [1.165, 1.54) is 4.88 Å². The van der Waals surface area contributed by atoms with Crippen molar-refractivity contribution in [1.82, 2.24) is 5.32 Å². The summed E-state index contributed by atoms with van der Waals surface area (Å²) in [5.74, 6) is -0.467. The average Bonchev–Trinajstić information content (AvgIpc) is 2.96. The number of carboxylic acid groups (broad SMARTS) is 1. The SMILES string of the molecule is CC(NCC1CCCC1C(=O)O)c1cccs1. The molecule has 1 saturated carbocycles. The third kappa shape index (κ3) is 3.07. The van der Waals surface area contributed by atoms with Gasteiger partial charge in [-0.1, -0.05) is 12.5 Å². The monoisotopic (exact) mass is 253 g/mol. The Morgan fingerprint density at radius 2 is 2.47 bits per heavy atom. The summed E-state index contributed by atoms with van der Waals surface area (Å²) < 4.78 is 0. The maximum atomic E-state index is 11.1. The predicted octanol–water partition coefficient (Wildman–Crippen LogP) is 2.90. The van der Waals surface area contributed by atoms with Gasteiger partial charge >= 0.3 is 5.97 Å². The first kappa shape index (κ1) is 12.6. The smallest absolute Gasteiger partial charge is 0.306 e. The number of nitrogens with one attached hydrogen (secondary N) is 1. The molecule has 0 saturated heterocycles. The zero-order valence-electron chi connectivity index (χ0n) is 10.1. The molecule has 0 radical (unpaired) electrons. The van der Waals surface area contributed by atoms with Crippen LogP contribution >= 0.6 is 11.3 Å². The maximum absolute atomic E-state index is 11.1. The molecule has 1 aliphatic rings. The molecule has 1 fully saturated rings. The first-order valence-corrected chi connectivity index (χ1v) is 7.06. The van der Waals surface area contributed by atoms with Gasteiger partial charge < -0.3 is 10.4 Å². The van der Waals surface area contributed by atoms with E-state index in [1.807, 2.05) is 6.07 Å². The van der Waals surface area contributed by atoms with Crippen molar-refractivity contribution in [3.8, 4) is 0 Å². The normalized spacial score (nSPS) is 25.9. The Morgan fingerprint density at radius 3 is 3.12 bits per heavy atom. The second kappa shape index (κ2) is 5.65. The highest BCUT2D eigenvalue weighted by molar-refractivity contribution is 7.10. The quantitative estimate of drug-likeness (QED) is 0.848. The van der Waals surface area contributed by atoms with Crippen LogP contribution < -0.4 is 5.32 Å². The van der Waals surface area contributed by atoms with Gasteiger partial charge in [-0.15, -0.1) is 11.3 Å². The number of hydrogen-bond donors (Lipinski definition) is 2. The highest BCUT2D eigenvalue weighted by atomic mass is 32.1. The van der Waals surface area contributed by atoms with Gasteiger partial charge in [0.2, 0.25) is 0 Å². The van der Waals surface area contributed by atoms with Crippen LogP contribution in [0.5, 0.6) is 0 Å². The van der Waals surface area contributed by atoms with Crippen LogP contribution in [0.3, 0.4) is 0 Å². The number of rotatable bonds is 5. The van der Waals surface area contributed by atoms with Gasteiger partial charge in [0.05, 0.1) is 5.92 Å². The van der Waals surface area contributed by atoms with Gasteiger partial charge in [-0.3, -0.25) is 4.79 Å². The minimum Gasteiger partial charge on any atom is -0.481 e. The highest BCUT2D eigenvalue weighted by Gasteiger charge is 2.32. The molecule has 1 aromatic heterocycles. The fourth-order valence-corrected chi connectivity index (χ4v) is 3.33. The Hall–Kier alpha value is -0.870. The van der Waals surface area contributed by atoms with Crippen LogP contribution in [0.2, 0.25) is 0 Å². The summed E-state index contributed by atoms with van der Waals surface area (Å²) >= 11 is 1.74. The zero-order valence-corrected chi connectivity index (χ0v) is 10.9. The molecule has 1 aliphatic carbocycles. The molecule has 17 heavy (non-hydrogen) atoms. The summed E-state index contributed by atoms with van der Waals surface area (Å²) in [4.78, 5) is 12.4. The summed E-state index contributed by atoms with van der Waals surface area (Å²) in [5.41, 5.74) is 0. The van der Waals surface area contributed by atoms with Gasteiger partial charge in [0.15, 0.2) is 0 Å². The van der Waals surface area contributed by atoms with E-state index in [1.54, 1.807) is 11.3 Å². The van der Waals surface area contributed by atoms with Crippen molar-refractivity contribution in [2.75, 3.05) is 6.54 Å². The molecular formula is C13H19NO2S. The first-order chi connectivity index (χ1) is 8.18. The second-order valence-corrected chi connectivity index (χ2v) is 5.76. The van der Waals surface area contributed by atoms with Gasteiger partial charge in [-0.05, 0) is 43.7 Å². The number of carboxylic acids is 1. The molecule has 3 nitrogen and oxygen atoms in total. The Morgan fingerprint density at radius 1 is 1.65 bits per heavy atom. The van der Waals surface area contributed by atoms with Crippen molar-refractivity contribution in [2.24, 2.45) is 11.8 Å². The largest absolute Gasteiger partial charge is 0.481 e. The molecular weight excluding hydrogens is 234 g/mol. The lowest BCUT2D eigenvalue weighted by Gasteiger charge is -2.19. The predicted molar refractivity (Wildman–Crippen MR) is 69.2 cm³/mol. The fourth-order valence-electron chi connectivity index (χ4n) is 2.57. The fraction of sp³-hybridized carbons (Fsp3) is 0.615. The maximum Gasteiger partial charge on any atom is 0.306 e. The topological polar surface area (TPSA) is 49.3 Å². The summed E-state index contributed by atoms with van der Waals surface area (Å²) in [6, 6.07) is 4.49. The van der Waals surface area contributed by atoms with Crippen LogP contribution in [0.1, 0.15) is 37.1 Å². The number of carbonyl (C=O) groups is 1. The average molecular weight is 253 g/mol. The molecule has 0 aliphatic heterocycles. The van der Waals surface area contributed by atoms with Crippen molar-refractivity contribution in [2.45, 2.75) is 32.2 Å². The molecule has 94 valence electrons. The zero-order chi connectivity index (χ0) is 12.3. The van der Waals surface area contributed by atoms with Crippen LogP contribution in [-0.2, 0) is 4.79 Å². The van der Waals surface area contributed by atoms with E-state index >= 15 is 0 Å². The second-order valence-electron chi connectivity index (χ2n) is 4.78. The van der Waals surface area contributed by atoms with E-state index in [4.69, 9.17) is 5.11 Å². The molecule has 2 N–H and O–H groups in total. The third-order valence-corrected chi connectivity index (χ3v) is 4.69. The minimum absolute atomic E-state index is 0.141. The van der Waals surface area contributed by atoms with Crippen molar-refractivity contribution in [3.63, 3.8) is 0 Å². The van der Waals surface area contributed by atoms with E-state index in [0.717, 1.165) is 25.8 Å². The number of hydrogen-bond acceptors (Lipinski definition) is 3. The molecule has 4 heteroatoms. The molecule has 0 aromatic carbocycles. The lowest BCUT2D eigenvalue weighted by atomic mass is 9.96.